The highest BCUT2D eigenvalue weighted by atomic mass is 16.5. The number of anilines is 2. The summed E-state index contributed by atoms with van der Waals surface area (Å²) in [6.45, 7) is 3.60. The molecule has 0 fully saturated rings. The molecule has 1 atom stereocenters. The molecule has 11 heteroatoms. The summed E-state index contributed by atoms with van der Waals surface area (Å²) < 4.78 is 16.3. The fraction of sp³-hybridized carbons (Fsp3) is 0.296. The number of benzene rings is 1. The Morgan fingerprint density at radius 2 is 1.76 bits per heavy atom. The minimum Gasteiger partial charge on any atom is -0.496 e. The summed E-state index contributed by atoms with van der Waals surface area (Å²) in [4.78, 5) is 27.6. The highest BCUT2D eigenvalue weighted by molar-refractivity contribution is 5.83. The van der Waals surface area contributed by atoms with E-state index in [0.29, 0.717) is 46.0 Å². The molecule has 4 aromatic rings. The molecule has 0 amide bonds. The molecule has 2 N–H and O–H groups in total. The van der Waals surface area contributed by atoms with Gasteiger partial charge in [0.05, 0.1) is 31.0 Å². The quantitative estimate of drug-likeness (QED) is 0.315. The van der Waals surface area contributed by atoms with Crippen LogP contribution in [0, 0.1) is 13.8 Å². The van der Waals surface area contributed by atoms with Gasteiger partial charge in [0.25, 0.3) is 0 Å². The minimum atomic E-state index is -1.04. The Morgan fingerprint density at radius 3 is 2.29 bits per heavy atom. The largest absolute Gasteiger partial charge is 0.496 e. The van der Waals surface area contributed by atoms with Gasteiger partial charge < -0.3 is 29.3 Å². The molecule has 3 heterocycles. The molecule has 198 valence electrons. The van der Waals surface area contributed by atoms with E-state index < -0.39 is 12.0 Å². The van der Waals surface area contributed by atoms with Gasteiger partial charge in [0.1, 0.15) is 29.1 Å². The van der Waals surface area contributed by atoms with Gasteiger partial charge >= 0.3 is 5.97 Å². The van der Waals surface area contributed by atoms with E-state index in [9.17, 15) is 9.90 Å². The lowest BCUT2D eigenvalue weighted by molar-refractivity contribution is -0.137. The van der Waals surface area contributed by atoms with Crippen LogP contribution in [0.15, 0.2) is 47.2 Å². The number of aliphatic carboxylic acids is 1. The first-order valence-corrected chi connectivity index (χ1v) is 11.9. The third-order valence-corrected chi connectivity index (χ3v) is 6.04. The van der Waals surface area contributed by atoms with Crippen molar-refractivity contribution in [3.8, 4) is 33.8 Å². The summed E-state index contributed by atoms with van der Waals surface area (Å²) in [5.41, 5.74) is 4.12. The van der Waals surface area contributed by atoms with Crippen LogP contribution in [-0.4, -0.2) is 65.5 Å². The Morgan fingerprint density at radius 1 is 1.05 bits per heavy atom. The van der Waals surface area contributed by atoms with E-state index >= 15 is 0 Å². The molecule has 0 aliphatic carbocycles. The van der Waals surface area contributed by atoms with Crippen LogP contribution in [0.25, 0.3) is 22.3 Å². The second-order valence-corrected chi connectivity index (χ2v) is 8.84. The van der Waals surface area contributed by atoms with Gasteiger partial charge in [-0.15, -0.1) is 0 Å². The molecule has 11 nitrogen and oxygen atoms in total. The number of rotatable bonds is 10. The van der Waals surface area contributed by atoms with Crippen molar-refractivity contribution < 1.29 is 23.9 Å². The third-order valence-electron chi connectivity index (χ3n) is 6.04. The van der Waals surface area contributed by atoms with Crippen molar-refractivity contribution >= 4 is 17.7 Å². The summed E-state index contributed by atoms with van der Waals surface area (Å²) in [6, 6.07) is 8.17. The number of nitrogens with zero attached hydrogens (tertiary/aromatic N) is 5. The summed E-state index contributed by atoms with van der Waals surface area (Å²) in [5.74, 6) is 1.63. The van der Waals surface area contributed by atoms with Gasteiger partial charge in [-0.2, -0.15) is 4.98 Å². The zero-order valence-electron chi connectivity index (χ0n) is 22.1. The molecule has 0 saturated heterocycles. The van der Waals surface area contributed by atoms with E-state index in [1.165, 1.54) is 0 Å². The van der Waals surface area contributed by atoms with E-state index in [-0.39, 0.29) is 6.42 Å². The Hall–Kier alpha value is -4.67. The predicted molar refractivity (Wildman–Crippen MR) is 143 cm³/mol. The van der Waals surface area contributed by atoms with Gasteiger partial charge in [-0.1, -0.05) is 17.3 Å². The number of ether oxygens (including phenoxy) is 2. The summed E-state index contributed by atoms with van der Waals surface area (Å²) in [7, 11) is 6.81. The van der Waals surface area contributed by atoms with E-state index in [0.717, 1.165) is 16.7 Å². The standard InChI is InChI=1S/C27H30N6O5/c1-15-23(16(2)38-32-15)19-14-29-27(33(3)4)31-25(19)30-20(26(34)35)12-18-11-10-17(13-28-18)24-21(36-5)8-7-9-22(24)37-6/h7-11,13-14,20H,12H2,1-6H3,(H,34,35)(H,29,30,31). The number of hydrogen-bond donors (Lipinski definition) is 2. The van der Waals surface area contributed by atoms with E-state index in [4.69, 9.17) is 14.0 Å². The zero-order chi connectivity index (χ0) is 27.4. The normalized spacial score (nSPS) is 11.6. The van der Waals surface area contributed by atoms with Gasteiger partial charge in [0, 0.05) is 49.7 Å². The molecule has 38 heavy (non-hydrogen) atoms. The number of aryl methyl sites for hydroxylation is 2. The smallest absolute Gasteiger partial charge is 0.326 e. The van der Waals surface area contributed by atoms with Gasteiger partial charge in [0.15, 0.2) is 0 Å². The van der Waals surface area contributed by atoms with Crippen molar-refractivity contribution in [3.63, 3.8) is 0 Å². The van der Waals surface area contributed by atoms with Crippen molar-refractivity contribution in [1.29, 1.82) is 0 Å². The lowest BCUT2D eigenvalue weighted by Crippen LogP contribution is -2.32. The van der Waals surface area contributed by atoms with Gasteiger partial charge in [-0.25, -0.2) is 9.78 Å². The van der Waals surface area contributed by atoms with Crippen LogP contribution in [0.4, 0.5) is 11.8 Å². The third kappa shape index (κ3) is 5.36. The summed E-state index contributed by atoms with van der Waals surface area (Å²) in [5, 5.41) is 17.2. The molecule has 0 aliphatic rings. The first kappa shape index (κ1) is 26.4. The van der Waals surface area contributed by atoms with Gasteiger partial charge in [-0.05, 0) is 32.0 Å². The Kier molecular flexibility index (Phi) is 7.75. The second kappa shape index (κ2) is 11.2. The van der Waals surface area contributed by atoms with Gasteiger partial charge in [0.2, 0.25) is 5.95 Å². The molecule has 1 unspecified atom stereocenters. The molecule has 0 radical (unpaired) electrons. The SMILES string of the molecule is COc1cccc(OC)c1-c1ccc(CC(Nc2nc(N(C)C)ncc2-c2c(C)noc2C)C(=O)O)nc1. The minimum absolute atomic E-state index is 0.112. The molecule has 0 saturated carbocycles. The van der Waals surface area contributed by atoms with Crippen molar-refractivity contribution in [3.05, 3.63) is 59.9 Å². The first-order chi connectivity index (χ1) is 18.2. The average molecular weight is 519 g/mol. The zero-order valence-corrected chi connectivity index (χ0v) is 22.1. The molecule has 0 bridgehead atoms. The fourth-order valence-corrected chi connectivity index (χ4v) is 4.15. The summed E-state index contributed by atoms with van der Waals surface area (Å²) in [6.07, 6.45) is 3.43. The Labute approximate surface area is 220 Å². The van der Waals surface area contributed by atoms with Crippen LogP contribution in [0.5, 0.6) is 11.5 Å². The monoisotopic (exact) mass is 518 g/mol. The number of carboxylic acid groups (broad SMARTS) is 1. The van der Waals surface area contributed by atoms with Crippen molar-refractivity contribution in [2.24, 2.45) is 0 Å². The number of aromatic nitrogens is 4. The van der Waals surface area contributed by atoms with Crippen LogP contribution in [-0.2, 0) is 11.2 Å². The Bertz CT molecular complexity index is 1390. The molecular weight excluding hydrogens is 488 g/mol. The maximum atomic E-state index is 12.3. The number of nitrogens with one attached hydrogen (secondary N) is 1. The highest BCUT2D eigenvalue weighted by Crippen LogP contribution is 2.38. The van der Waals surface area contributed by atoms with Crippen LogP contribution in [0.1, 0.15) is 17.1 Å². The number of pyridine rings is 1. The molecule has 4 rings (SSSR count). The fourth-order valence-electron chi connectivity index (χ4n) is 4.15. The van der Waals surface area contributed by atoms with Crippen molar-refractivity contribution in [2.45, 2.75) is 26.3 Å². The molecule has 0 spiro atoms. The molecular formula is C27H30N6O5. The van der Waals surface area contributed by atoms with E-state index in [1.54, 1.807) is 44.5 Å². The topological polar surface area (TPSA) is 136 Å². The Balaban J connectivity index is 1.65. The van der Waals surface area contributed by atoms with E-state index in [1.807, 2.05) is 45.3 Å². The van der Waals surface area contributed by atoms with E-state index in [2.05, 4.69) is 25.4 Å². The maximum absolute atomic E-state index is 12.3. The number of carboxylic acids is 1. The van der Waals surface area contributed by atoms with Crippen LogP contribution in [0.3, 0.4) is 0 Å². The predicted octanol–water partition coefficient (Wildman–Crippen LogP) is 4.00. The molecule has 3 aromatic heterocycles. The van der Waals surface area contributed by atoms with Gasteiger partial charge in [-0.3, -0.25) is 4.98 Å². The van der Waals surface area contributed by atoms with Crippen LogP contribution < -0.4 is 19.7 Å². The number of methoxy groups -OCH3 is 2. The second-order valence-electron chi connectivity index (χ2n) is 8.84. The lowest BCUT2D eigenvalue weighted by Gasteiger charge is -2.19. The molecule has 0 aliphatic heterocycles. The highest BCUT2D eigenvalue weighted by Gasteiger charge is 2.24. The van der Waals surface area contributed by atoms with Crippen LogP contribution in [0.2, 0.25) is 0 Å². The molecule has 1 aromatic carbocycles. The number of hydrogen-bond acceptors (Lipinski definition) is 10. The summed E-state index contributed by atoms with van der Waals surface area (Å²) >= 11 is 0. The number of carbonyl (C=O) groups is 1. The van der Waals surface area contributed by atoms with Crippen LogP contribution >= 0.6 is 0 Å². The van der Waals surface area contributed by atoms with Crippen molar-refractivity contribution in [1.82, 2.24) is 20.1 Å². The first-order valence-electron chi connectivity index (χ1n) is 11.9. The average Bonchev–Trinajstić information content (AvgIpc) is 3.25. The maximum Gasteiger partial charge on any atom is 0.326 e. The lowest BCUT2D eigenvalue weighted by atomic mass is 10.0. The van der Waals surface area contributed by atoms with Crippen molar-refractivity contribution in [2.75, 3.05) is 38.5 Å².